The molecular formula is C16H28N4O2. The highest BCUT2D eigenvalue weighted by Crippen LogP contribution is 2.21. The third-order valence-corrected chi connectivity index (χ3v) is 3.86. The molecule has 1 aromatic heterocycles. The molecule has 1 N–H and O–H groups in total. The number of carbonyl (C=O) groups excluding carboxylic acids is 1. The van der Waals surface area contributed by atoms with Crippen molar-refractivity contribution >= 4 is 11.8 Å². The summed E-state index contributed by atoms with van der Waals surface area (Å²) in [4.78, 5) is 13.8. The van der Waals surface area contributed by atoms with E-state index in [1.54, 1.807) is 0 Å². The fraction of sp³-hybridized carbons (Fsp3) is 0.750. The summed E-state index contributed by atoms with van der Waals surface area (Å²) >= 11 is 0. The lowest BCUT2D eigenvalue weighted by Crippen LogP contribution is -2.42. The number of likely N-dealkylation sites (tertiary alicyclic amines) is 1. The van der Waals surface area contributed by atoms with E-state index in [2.05, 4.69) is 10.4 Å². The van der Waals surface area contributed by atoms with Gasteiger partial charge < -0.3 is 15.0 Å². The molecule has 0 radical (unpaired) electrons. The van der Waals surface area contributed by atoms with Crippen molar-refractivity contribution in [3.63, 3.8) is 0 Å². The van der Waals surface area contributed by atoms with Crippen LogP contribution in [-0.2, 0) is 11.8 Å². The number of piperidine rings is 1. The molecule has 0 aliphatic carbocycles. The van der Waals surface area contributed by atoms with Crippen LogP contribution >= 0.6 is 0 Å². The first-order valence-electron chi connectivity index (χ1n) is 7.96. The van der Waals surface area contributed by atoms with Crippen LogP contribution < -0.4 is 5.32 Å². The second-order valence-corrected chi connectivity index (χ2v) is 7.09. The van der Waals surface area contributed by atoms with Gasteiger partial charge in [-0.3, -0.25) is 4.68 Å². The van der Waals surface area contributed by atoms with Crippen molar-refractivity contribution in [1.29, 1.82) is 0 Å². The van der Waals surface area contributed by atoms with Gasteiger partial charge in [0.05, 0.1) is 11.4 Å². The number of rotatable bonds is 3. The number of anilines is 1. The summed E-state index contributed by atoms with van der Waals surface area (Å²) in [5.74, 6) is 0.582. The molecule has 6 heteroatoms. The molecule has 1 saturated heterocycles. The molecule has 0 atom stereocenters. The minimum atomic E-state index is -0.423. The zero-order valence-electron chi connectivity index (χ0n) is 14.3. The summed E-state index contributed by atoms with van der Waals surface area (Å²) < 4.78 is 7.24. The number of amides is 1. The first kappa shape index (κ1) is 16.6. The van der Waals surface area contributed by atoms with Crippen LogP contribution in [0, 0.1) is 12.8 Å². The van der Waals surface area contributed by atoms with Crippen molar-refractivity contribution in [2.75, 3.05) is 25.0 Å². The summed E-state index contributed by atoms with van der Waals surface area (Å²) in [5.41, 5.74) is 1.69. The number of nitrogens with zero attached hydrogens (tertiary/aromatic N) is 3. The van der Waals surface area contributed by atoms with Crippen LogP contribution in [0.5, 0.6) is 0 Å². The molecule has 124 valence electrons. The van der Waals surface area contributed by atoms with E-state index in [0.29, 0.717) is 5.92 Å². The van der Waals surface area contributed by atoms with Gasteiger partial charge in [0.15, 0.2) is 0 Å². The molecule has 1 aromatic rings. The molecular weight excluding hydrogens is 280 g/mol. The number of carbonyl (C=O) groups is 1. The van der Waals surface area contributed by atoms with Gasteiger partial charge in [0.2, 0.25) is 0 Å². The van der Waals surface area contributed by atoms with Crippen LogP contribution in [-0.4, -0.2) is 46.0 Å². The maximum Gasteiger partial charge on any atom is 0.410 e. The standard InChI is InChI=1S/C16H28N4O2/c1-12-14(11-19(5)18-12)17-10-13-6-8-20(9-7-13)15(21)22-16(2,3)4/h11,13,17H,6-10H2,1-5H3. The summed E-state index contributed by atoms with van der Waals surface area (Å²) in [6, 6.07) is 0. The lowest BCUT2D eigenvalue weighted by atomic mass is 9.97. The predicted octanol–water partition coefficient (Wildman–Crippen LogP) is 2.79. The quantitative estimate of drug-likeness (QED) is 0.933. The Morgan fingerprint density at radius 1 is 1.41 bits per heavy atom. The van der Waals surface area contributed by atoms with Gasteiger partial charge in [-0.1, -0.05) is 0 Å². The molecule has 0 unspecified atom stereocenters. The van der Waals surface area contributed by atoms with Gasteiger partial charge in [-0.2, -0.15) is 5.10 Å². The number of ether oxygens (including phenoxy) is 1. The smallest absolute Gasteiger partial charge is 0.410 e. The number of hydrogen-bond acceptors (Lipinski definition) is 4. The summed E-state index contributed by atoms with van der Waals surface area (Å²) in [6.07, 6.45) is 3.82. The highest BCUT2D eigenvalue weighted by atomic mass is 16.6. The van der Waals surface area contributed by atoms with E-state index in [-0.39, 0.29) is 6.09 Å². The average molecular weight is 308 g/mol. The van der Waals surface area contributed by atoms with Gasteiger partial charge in [-0.05, 0) is 46.5 Å². The van der Waals surface area contributed by atoms with Gasteiger partial charge in [-0.15, -0.1) is 0 Å². The van der Waals surface area contributed by atoms with Gasteiger partial charge in [0.1, 0.15) is 5.60 Å². The van der Waals surface area contributed by atoms with Gasteiger partial charge >= 0.3 is 6.09 Å². The Labute approximate surface area is 132 Å². The van der Waals surface area contributed by atoms with Gasteiger partial charge in [0.25, 0.3) is 0 Å². The van der Waals surface area contributed by atoms with Crippen molar-refractivity contribution < 1.29 is 9.53 Å². The molecule has 1 aliphatic heterocycles. The normalized spacial score (nSPS) is 16.7. The molecule has 0 saturated carbocycles. The third kappa shape index (κ3) is 4.64. The Hall–Kier alpha value is -1.72. The fourth-order valence-corrected chi connectivity index (χ4v) is 2.67. The number of hydrogen-bond donors (Lipinski definition) is 1. The first-order valence-corrected chi connectivity index (χ1v) is 7.96. The van der Waals surface area contributed by atoms with Crippen LogP contribution in [0.25, 0.3) is 0 Å². The molecule has 6 nitrogen and oxygen atoms in total. The van der Waals surface area contributed by atoms with E-state index in [1.165, 1.54) is 0 Å². The fourth-order valence-electron chi connectivity index (χ4n) is 2.67. The molecule has 2 rings (SSSR count). The second-order valence-electron chi connectivity index (χ2n) is 7.09. The van der Waals surface area contributed by atoms with Crippen molar-refractivity contribution in [3.05, 3.63) is 11.9 Å². The van der Waals surface area contributed by atoms with Crippen LogP contribution in [0.1, 0.15) is 39.3 Å². The molecule has 2 heterocycles. The van der Waals surface area contributed by atoms with Crippen molar-refractivity contribution in [3.8, 4) is 0 Å². The Balaban J connectivity index is 1.75. The highest BCUT2D eigenvalue weighted by Gasteiger charge is 2.26. The summed E-state index contributed by atoms with van der Waals surface area (Å²) in [6.45, 7) is 10.2. The van der Waals surface area contributed by atoms with Crippen LogP contribution in [0.15, 0.2) is 6.20 Å². The topological polar surface area (TPSA) is 59.4 Å². The van der Waals surface area contributed by atoms with Crippen molar-refractivity contribution in [2.24, 2.45) is 13.0 Å². The molecule has 1 fully saturated rings. The highest BCUT2D eigenvalue weighted by molar-refractivity contribution is 5.68. The largest absolute Gasteiger partial charge is 0.444 e. The molecule has 1 amide bonds. The van der Waals surface area contributed by atoms with Gasteiger partial charge in [-0.25, -0.2) is 4.79 Å². The molecule has 0 aromatic carbocycles. The predicted molar refractivity (Wildman–Crippen MR) is 87.0 cm³/mol. The molecule has 0 bridgehead atoms. The van der Waals surface area contributed by atoms with E-state index in [4.69, 9.17) is 4.74 Å². The third-order valence-electron chi connectivity index (χ3n) is 3.86. The zero-order valence-corrected chi connectivity index (χ0v) is 14.3. The maximum absolute atomic E-state index is 12.0. The monoisotopic (exact) mass is 308 g/mol. The number of aromatic nitrogens is 2. The van der Waals surface area contributed by atoms with E-state index in [1.807, 2.05) is 50.5 Å². The molecule has 0 spiro atoms. The van der Waals surface area contributed by atoms with Crippen LogP contribution in [0.2, 0.25) is 0 Å². The first-order chi connectivity index (χ1) is 10.2. The molecule has 22 heavy (non-hydrogen) atoms. The Morgan fingerprint density at radius 2 is 2.05 bits per heavy atom. The van der Waals surface area contributed by atoms with Crippen molar-refractivity contribution in [1.82, 2.24) is 14.7 Å². The zero-order chi connectivity index (χ0) is 16.3. The SMILES string of the molecule is Cc1nn(C)cc1NCC1CCN(C(=O)OC(C)(C)C)CC1. The number of nitrogens with one attached hydrogen (secondary N) is 1. The van der Waals surface area contributed by atoms with E-state index >= 15 is 0 Å². The maximum atomic E-state index is 12.0. The van der Waals surface area contributed by atoms with E-state index < -0.39 is 5.60 Å². The van der Waals surface area contributed by atoms with Gasteiger partial charge in [0, 0.05) is 32.9 Å². The Morgan fingerprint density at radius 3 is 2.55 bits per heavy atom. The minimum absolute atomic E-state index is 0.193. The van der Waals surface area contributed by atoms with Crippen LogP contribution in [0.4, 0.5) is 10.5 Å². The summed E-state index contributed by atoms with van der Waals surface area (Å²) in [5, 5.41) is 7.80. The van der Waals surface area contributed by atoms with E-state index in [9.17, 15) is 4.79 Å². The Kier molecular flexibility index (Phi) is 4.98. The minimum Gasteiger partial charge on any atom is -0.444 e. The lowest BCUT2D eigenvalue weighted by Gasteiger charge is -2.33. The van der Waals surface area contributed by atoms with Crippen molar-refractivity contribution in [2.45, 2.75) is 46.1 Å². The molecule has 1 aliphatic rings. The average Bonchev–Trinajstić information content (AvgIpc) is 2.73. The van der Waals surface area contributed by atoms with Crippen LogP contribution in [0.3, 0.4) is 0 Å². The second kappa shape index (κ2) is 6.58. The Bertz CT molecular complexity index is 511. The van der Waals surface area contributed by atoms with E-state index in [0.717, 1.165) is 43.9 Å². The summed E-state index contributed by atoms with van der Waals surface area (Å²) in [7, 11) is 1.93. The number of aryl methyl sites for hydroxylation is 2. The lowest BCUT2D eigenvalue weighted by molar-refractivity contribution is 0.0188.